The van der Waals surface area contributed by atoms with Crippen LogP contribution in [0.1, 0.15) is 20.9 Å². The summed E-state index contributed by atoms with van der Waals surface area (Å²) in [4.78, 5) is 22.6. The molecule has 6 heteroatoms. The number of carbonyl (C=O) groups is 1. The fourth-order valence-electron chi connectivity index (χ4n) is 3.58. The van der Waals surface area contributed by atoms with Gasteiger partial charge in [0.25, 0.3) is 5.91 Å². The lowest BCUT2D eigenvalue weighted by molar-refractivity contribution is 0.0750. The van der Waals surface area contributed by atoms with Crippen LogP contribution in [0.3, 0.4) is 0 Å². The minimum Gasteiger partial charge on any atom is -0.368 e. The van der Waals surface area contributed by atoms with Gasteiger partial charge in [-0.05, 0) is 31.0 Å². The Kier molecular flexibility index (Phi) is 6.10. The topological polar surface area (TPSA) is 48.5 Å². The quantitative estimate of drug-likeness (QED) is 0.670. The van der Waals surface area contributed by atoms with Crippen LogP contribution in [-0.2, 0) is 6.42 Å². The van der Waals surface area contributed by atoms with E-state index >= 15 is 0 Å². The maximum absolute atomic E-state index is 13.0. The van der Waals surface area contributed by atoms with Gasteiger partial charge in [-0.2, -0.15) is 0 Å². The number of aromatic nitrogens is 1. The van der Waals surface area contributed by atoms with E-state index in [1.54, 1.807) is 0 Å². The van der Waals surface area contributed by atoms with Crippen LogP contribution in [0.15, 0.2) is 60.7 Å². The molecule has 0 aliphatic carbocycles. The highest BCUT2D eigenvalue weighted by molar-refractivity contribution is 7.17. The Balaban J connectivity index is 1.32. The van der Waals surface area contributed by atoms with Crippen LogP contribution >= 0.6 is 11.3 Å². The molecule has 3 aromatic rings. The van der Waals surface area contributed by atoms with E-state index in [1.807, 2.05) is 24.0 Å². The number of nitrogens with one attached hydrogen (secondary N) is 1. The van der Waals surface area contributed by atoms with Crippen molar-refractivity contribution in [2.45, 2.75) is 13.3 Å². The van der Waals surface area contributed by atoms with Crippen molar-refractivity contribution in [1.29, 1.82) is 0 Å². The molecule has 0 bridgehead atoms. The first-order valence-electron chi connectivity index (χ1n) is 10.1. The lowest BCUT2D eigenvalue weighted by atomic mass is 10.2. The van der Waals surface area contributed by atoms with Gasteiger partial charge in [-0.1, -0.05) is 59.9 Å². The molecule has 1 aliphatic heterocycles. The SMILES string of the molecule is Cc1nc(NCCc2ccccc2)sc1C(=O)N1CCN(c2ccccc2)CC1. The zero-order valence-electron chi connectivity index (χ0n) is 16.7. The second kappa shape index (κ2) is 9.09. The average molecular weight is 407 g/mol. The minimum absolute atomic E-state index is 0.101. The number of para-hydroxylation sites is 1. The van der Waals surface area contributed by atoms with Gasteiger partial charge >= 0.3 is 0 Å². The number of piperazine rings is 1. The van der Waals surface area contributed by atoms with Gasteiger partial charge in [0.15, 0.2) is 5.13 Å². The van der Waals surface area contributed by atoms with Gasteiger partial charge in [0.2, 0.25) is 0 Å². The van der Waals surface area contributed by atoms with E-state index < -0.39 is 0 Å². The summed E-state index contributed by atoms with van der Waals surface area (Å²) in [5.74, 6) is 0.101. The van der Waals surface area contributed by atoms with E-state index in [1.165, 1.54) is 22.6 Å². The second-order valence-electron chi connectivity index (χ2n) is 7.21. The Morgan fingerprint density at radius 1 is 1.00 bits per heavy atom. The predicted molar refractivity (Wildman–Crippen MR) is 120 cm³/mol. The number of anilines is 2. The Morgan fingerprint density at radius 2 is 1.66 bits per heavy atom. The molecule has 1 N–H and O–H groups in total. The number of nitrogens with zero attached hydrogens (tertiary/aromatic N) is 3. The Labute approximate surface area is 176 Å². The van der Waals surface area contributed by atoms with Crippen LogP contribution in [0.2, 0.25) is 0 Å². The summed E-state index contributed by atoms with van der Waals surface area (Å²) in [6, 6.07) is 20.8. The van der Waals surface area contributed by atoms with Gasteiger partial charge in [0, 0.05) is 38.4 Å². The van der Waals surface area contributed by atoms with E-state index in [2.05, 4.69) is 63.7 Å². The molecular formula is C23H26N4OS. The van der Waals surface area contributed by atoms with E-state index in [0.717, 1.165) is 54.8 Å². The Bertz CT molecular complexity index is 934. The minimum atomic E-state index is 0.101. The summed E-state index contributed by atoms with van der Waals surface area (Å²) >= 11 is 1.47. The molecule has 0 atom stereocenters. The molecule has 0 spiro atoms. The number of benzene rings is 2. The van der Waals surface area contributed by atoms with Gasteiger partial charge in [0.1, 0.15) is 4.88 Å². The first kappa shape index (κ1) is 19.5. The molecule has 0 saturated carbocycles. The highest BCUT2D eigenvalue weighted by Crippen LogP contribution is 2.25. The van der Waals surface area contributed by atoms with Crippen LogP contribution in [0, 0.1) is 6.92 Å². The summed E-state index contributed by atoms with van der Waals surface area (Å²) in [5.41, 5.74) is 3.33. The fourth-order valence-corrected chi connectivity index (χ4v) is 4.54. The molecular weight excluding hydrogens is 380 g/mol. The number of carbonyl (C=O) groups excluding carboxylic acids is 1. The molecule has 1 saturated heterocycles. The molecule has 1 fully saturated rings. The number of amides is 1. The first-order chi connectivity index (χ1) is 14.2. The third-order valence-corrected chi connectivity index (χ3v) is 6.31. The van der Waals surface area contributed by atoms with Crippen LogP contribution in [0.25, 0.3) is 0 Å². The van der Waals surface area contributed by atoms with Crippen molar-refractivity contribution in [1.82, 2.24) is 9.88 Å². The van der Waals surface area contributed by atoms with E-state index in [9.17, 15) is 4.79 Å². The number of thiazole rings is 1. The average Bonchev–Trinajstić information content (AvgIpc) is 3.15. The van der Waals surface area contributed by atoms with E-state index in [-0.39, 0.29) is 5.91 Å². The molecule has 150 valence electrons. The van der Waals surface area contributed by atoms with Crippen LogP contribution in [-0.4, -0.2) is 48.5 Å². The predicted octanol–water partition coefficient (Wildman–Crippen LogP) is 4.07. The maximum Gasteiger partial charge on any atom is 0.266 e. The highest BCUT2D eigenvalue weighted by atomic mass is 32.1. The summed E-state index contributed by atoms with van der Waals surface area (Å²) in [6.07, 6.45) is 0.935. The third kappa shape index (κ3) is 4.77. The molecule has 1 aromatic heterocycles. The van der Waals surface area contributed by atoms with Crippen molar-refractivity contribution in [3.05, 3.63) is 76.8 Å². The summed E-state index contributed by atoms with van der Waals surface area (Å²) in [7, 11) is 0. The van der Waals surface area contributed by atoms with Crippen molar-refractivity contribution < 1.29 is 4.79 Å². The van der Waals surface area contributed by atoms with Crippen molar-refractivity contribution in [3.63, 3.8) is 0 Å². The standard InChI is InChI=1S/C23H26N4OS/c1-18-21(29-23(25-18)24-13-12-19-8-4-2-5-9-19)22(28)27-16-14-26(15-17-27)20-10-6-3-7-11-20/h2-11H,12-17H2,1H3,(H,24,25). The summed E-state index contributed by atoms with van der Waals surface area (Å²) in [6.45, 7) is 5.92. The molecule has 4 rings (SSSR count). The molecule has 0 unspecified atom stereocenters. The third-order valence-electron chi connectivity index (χ3n) is 5.21. The largest absolute Gasteiger partial charge is 0.368 e. The lowest BCUT2D eigenvalue weighted by Crippen LogP contribution is -2.48. The zero-order valence-corrected chi connectivity index (χ0v) is 17.5. The van der Waals surface area contributed by atoms with E-state index in [4.69, 9.17) is 0 Å². The van der Waals surface area contributed by atoms with Crippen LogP contribution in [0.5, 0.6) is 0 Å². The monoisotopic (exact) mass is 406 g/mol. The molecule has 0 radical (unpaired) electrons. The molecule has 5 nitrogen and oxygen atoms in total. The number of hydrogen-bond acceptors (Lipinski definition) is 5. The molecule has 29 heavy (non-hydrogen) atoms. The van der Waals surface area contributed by atoms with Crippen LogP contribution < -0.4 is 10.2 Å². The van der Waals surface area contributed by atoms with Crippen molar-refractivity contribution in [2.75, 3.05) is 42.9 Å². The van der Waals surface area contributed by atoms with Gasteiger partial charge in [-0.3, -0.25) is 4.79 Å². The van der Waals surface area contributed by atoms with E-state index in [0.29, 0.717) is 0 Å². The summed E-state index contributed by atoms with van der Waals surface area (Å²) < 4.78 is 0. The summed E-state index contributed by atoms with van der Waals surface area (Å²) in [5, 5.41) is 4.19. The first-order valence-corrected chi connectivity index (χ1v) is 10.9. The van der Waals surface area contributed by atoms with Crippen molar-refractivity contribution in [2.24, 2.45) is 0 Å². The second-order valence-corrected chi connectivity index (χ2v) is 8.21. The zero-order chi connectivity index (χ0) is 20.1. The smallest absolute Gasteiger partial charge is 0.266 e. The number of hydrogen-bond donors (Lipinski definition) is 1. The number of aryl methyl sites for hydroxylation is 1. The van der Waals surface area contributed by atoms with Gasteiger partial charge in [-0.25, -0.2) is 4.98 Å². The number of rotatable bonds is 6. The molecule has 1 amide bonds. The van der Waals surface area contributed by atoms with Crippen LogP contribution in [0.4, 0.5) is 10.8 Å². The molecule has 2 heterocycles. The Morgan fingerprint density at radius 3 is 2.34 bits per heavy atom. The lowest BCUT2D eigenvalue weighted by Gasteiger charge is -2.36. The van der Waals surface area contributed by atoms with Crippen molar-refractivity contribution >= 4 is 28.1 Å². The highest BCUT2D eigenvalue weighted by Gasteiger charge is 2.25. The van der Waals surface area contributed by atoms with Gasteiger partial charge in [-0.15, -0.1) is 0 Å². The molecule has 1 aliphatic rings. The Hall–Kier alpha value is -2.86. The maximum atomic E-state index is 13.0. The fraction of sp³-hybridized carbons (Fsp3) is 0.304. The van der Waals surface area contributed by atoms with Gasteiger partial charge < -0.3 is 15.1 Å². The molecule has 2 aromatic carbocycles. The van der Waals surface area contributed by atoms with Crippen molar-refractivity contribution in [3.8, 4) is 0 Å². The normalized spacial score (nSPS) is 14.1. The van der Waals surface area contributed by atoms with Gasteiger partial charge in [0.05, 0.1) is 5.69 Å².